The van der Waals surface area contributed by atoms with E-state index in [2.05, 4.69) is 0 Å². The highest BCUT2D eigenvalue weighted by molar-refractivity contribution is 5.83. The van der Waals surface area contributed by atoms with Crippen molar-refractivity contribution in [2.45, 2.75) is 25.6 Å². The van der Waals surface area contributed by atoms with Gasteiger partial charge in [0.05, 0.1) is 11.0 Å². The summed E-state index contributed by atoms with van der Waals surface area (Å²) < 4.78 is 43.6. The Morgan fingerprint density at radius 1 is 1.35 bits per heavy atom. The van der Waals surface area contributed by atoms with Gasteiger partial charge in [0, 0.05) is 33.4 Å². The normalized spacial score (nSPS) is 17.8. The van der Waals surface area contributed by atoms with Crippen LogP contribution in [0, 0.1) is 5.41 Å². The molecule has 1 amide bonds. The molecule has 0 aliphatic carbocycles. The molecule has 0 bridgehead atoms. The number of hydrogen-bond acceptors (Lipinski definition) is 3. The quantitative estimate of drug-likeness (QED) is 0.922. The molecule has 1 aliphatic rings. The van der Waals surface area contributed by atoms with Crippen LogP contribution < -0.4 is 5.73 Å². The lowest BCUT2D eigenvalue weighted by atomic mass is 9.79. The Labute approximate surface area is 133 Å². The van der Waals surface area contributed by atoms with E-state index in [1.54, 1.807) is 13.1 Å². The Bertz CT molecular complexity index is 555. The average Bonchev–Trinajstić information content (AvgIpc) is 2.54. The molecule has 1 aliphatic heterocycles. The van der Waals surface area contributed by atoms with Crippen LogP contribution in [0.1, 0.15) is 24.0 Å². The number of nitrogens with zero attached hydrogens (tertiary/aromatic N) is 1. The fourth-order valence-corrected chi connectivity index (χ4v) is 2.86. The Morgan fingerprint density at radius 3 is 2.57 bits per heavy atom. The largest absolute Gasteiger partial charge is 0.416 e. The van der Waals surface area contributed by atoms with Crippen LogP contribution in [0.25, 0.3) is 0 Å². The van der Waals surface area contributed by atoms with Crippen molar-refractivity contribution in [3.05, 3.63) is 35.4 Å². The van der Waals surface area contributed by atoms with Crippen molar-refractivity contribution in [3.8, 4) is 0 Å². The van der Waals surface area contributed by atoms with Crippen LogP contribution in [0.3, 0.4) is 0 Å². The van der Waals surface area contributed by atoms with E-state index in [4.69, 9.17) is 10.5 Å². The highest BCUT2D eigenvalue weighted by Gasteiger charge is 2.40. The van der Waals surface area contributed by atoms with Crippen molar-refractivity contribution in [2.24, 2.45) is 11.1 Å². The molecule has 0 saturated carbocycles. The summed E-state index contributed by atoms with van der Waals surface area (Å²) in [5.74, 6) is -0.138. The average molecular weight is 330 g/mol. The van der Waals surface area contributed by atoms with Crippen molar-refractivity contribution in [2.75, 3.05) is 26.8 Å². The van der Waals surface area contributed by atoms with Crippen molar-refractivity contribution in [1.82, 2.24) is 4.90 Å². The summed E-state index contributed by atoms with van der Waals surface area (Å²) >= 11 is 0. The molecular formula is C16H21F3N2O2. The molecular weight excluding hydrogens is 309 g/mol. The summed E-state index contributed by atoms with van der Waals surface area (Å²) in [6, 6.07) is 5.02. The monoisotopic (exact) mass is 330 g/mol. The summed E-state index contributed by atoms with van der Waals surface area (Å²) in [4.78, 5) is 14.2. The first-order chi connectivity index (χ1) is 10.8. The second kappa shape index (κ2) is 6.88. The van der Waals surface area contributed by atoms with E-state index in [1.807, 2.05) is 0 Å². The predicted molar refractivity (Wildman–Crippen MR) is 79.5 cm³/mol. The molecule has 1 saturated heterocycles. The van der Waals surface area contributed by atoms with Crippen molar-refractivity contribution < 1.29 is 22.7 Å². The van der Waals surface area contributed by atoms with Crippen molar-refractivity contribution >= 4 is 5.91 Å². The zero-order chi connectivity index (χ0) is 17.1. The summed E-state index contributed by atoms with van der Waals surface area (Å²) in [6.07, 6.45) is -3.32. The van der Waals surface area contributed by atoms with Gasteiger partial charge in [-0.25, -0.2) is 0 Å². The van der Waals surface area contributed by atoms with Gasteiger partial charge in [-0.1, -0.05) is 12.1 Å². The SMILES string of the molecule is CN(Cc1cccc(C(F)(F)F)c1)C(=O)C1(CN)CCOCC1. The molecule has 0 radical (unpaired) electrons. The first kappa shape index (κ1) is 17.7. The third-order valence-corrected chi connectivity index (χ3v) is 4.32. The number of benzene rings is 1. The number of nitrogens with two attached hydrogens (primary N) is 1. The molecule has 0 spiro atoms. The van der Waals surface area contributed by atoms with Crippen LogP contribution >= 0.6 is 0 Å². The summed E-state index contributed by atoms with van der Waals surface area (Å²) in [5.41, 5.74) is 4.85. The van der Waals surface area contributed by atoms with Crippen molar-refractivity contribution in [1.29, 1.82) is 0 Å². The van der Waals surface area contributed by atoms with Gasteiger partial charge in [-0.3, -0.25) is 4.79 Å². The van der Waals surface area contributed by atoms with E-state index in [0.717, 1.165) is 12.1 Å². The molecule has 23 heavy (non-hydrogen) atoms. The number of amides is 1. The van der Waals surface area contributed by atoms with Gasteiger partial charge in [0.2, 0.25) is 5.91 Å². The molecule has 4 nitrogen and oxygen atoms in total. The van der Waals surface area contributed by atoms with Gasteiger partial charge in [-0.05, 0) is 30.5 Å². The molecule has 7 heteroatoms. The summed E-state index contributed by atoms with van der Waals surface area (Å²) in [6.45, 7) is 1.27. The fourth-order valence-electron chi connectivity index (χ4n) is 2.86. The minimum Gasteiger partial charge on any atom is -0.381 e. The van der Waals surface area contributed by atoms with Gasteiger partial charge in [-0.15, -0.1) is 0 Å². The van der Waals surface area contributed by atoms with Gasteiger partial charge < -0.3 is 15.4 Å². The number of alkyl halides is 3. The number of halogens is 3. The zero-order valence-corrected chi connectivity index (χ0v) is 13.0. The van der Waals surface area contributed by atoms with Gasteiger partial charge in [0.25, 0.3) is 0 Å². The Kier molecular flexibility index (Phi) is 5.31. The van der Waals surface area contributed by atoms with Gasteiger partial charge in [0.15, 0.2) is 0 Å². The maximum Gasteiger partial charge on any atom is 0.416 e. The third-order valence-electron chi connectivity index (χ3n) is 4.32. The second-order valence-electron chi connectivity index (χ2n) is 5.96. The van der Waals surface area contributed by atoms with Crippen LogP contribution in [0.2, 0.25) is 0 Å². The van der Waals surface area contributed by atoms with Crippen LogP contribution in [0.5, 0.6) is 0 Å². The summed E-state index contributed by atoms with van der Waals surface area (Å²) in [5, 5.41) is 0. The number of carbonyl (C=O) groups is 1. The van der Waals surface area contributed by atoms with Crippen LogP contribution in [-0.2, 0) is 22.3 Å². The standard InChI is InChI=1S/C16H21F3N2O2/c1-21(14(22)15(11-20)5-7-23-8-6-15)10-12-3-2-4-13(9-12)16(17,18)19/h2-4,9H,5-8,10-11,20H2,1H3. The van der Waals surface area contributed by atoms with Gasteiger partial charge in [0.1, 0.15) is 0 Å². The fraction of sp³-hybridized carbons (Fsp3) is 0.562. The maximum atomic E-state index is 12.8. The highest BCUT2D eigenvalue weighted by atomic mass is 19.4. The molecule has 0 aromatic heterocycles. The summed E-state index contributed by atoms with van der Waals surface area (Å²) in [7, 11) is 1.59. The Balaban J connectivity index is 2.12. The first-order valence-corrected chi connectivity index (χ1v) is 7.48. The molecule has 0 unspecified atom stereocenters. The lowest BCUT2D eigenvalue weighted by Gasteiger charge is -2.37. The molecule has 0 atom stereocenters. The van der Waals surface area contributed by atoms with E-state index >= 15 is 0 Å². The van der Waals surface area contributed by atoms with Crippen LogP contribution in [0.15, 0.2) is 24.3 Å². The van der Waals surface area contributed by atoms with E-state index in [-0.39, 0.29) is 19.0 Å². The van der Waals surface area contributed by atoms with E-state index in [0.29, 0.717) is 31.6 Å². The smallest absolute Gasteiger partial charge is 0.381 e. The molecule has 1 aromatic rings. The molecule has 2 rings (SSSR count). The van der Waals surface area contributed by atoms with Gasteiger partial charge in [-0.2, -0.15) is 13.2 Å². The molecule has 1 aromatic carbocycles. The van der Waals surface area contributed by atoms with E-state index < -0.39 is 17.2 Å². The Hall–Kier alpha value is -1.60. The molecule has 128 valence electrons. The highest BCUT2D eigenvalue weighted by Crippen LogP contribution is 2.33. The number of ether oxygens (including phenoxy) is 1. The number of carbonyl (C=O) groups excluding carboxylic acids is 1. The van der Waals surface area contributed by atoms with Crippen molar-refractivity contribution in [3.63, 3.8) is 0 Å². The predicted octanol–water partition coefficient (Wildman–Crippen LogP) is 2.42. The topological polar surface area (TPSA) is 55.6 Å². The van der Waals surface area contributed by atoms with Crippen LogP contribution in [0.4, 0.5) is 13.2 Å². The van der Waals surface area contributed by atoms with E-state index in [9.17, 15) is 18.0 Å². The van der Waals surface area contributed by atoms with E-state index in [1.165, 1.54) is 11.0 Å². The van der Waals surface area contributed by atoms with Gasteiger partial charge >= 0.3 is 6.18 Å². The lowest BCUT2D eigenvalue weighted by molar-refractivity contribution is -0.146. The first-order valence-electron chi connectivity index (χ1n) is 7.48. The Morgan fingerprint density at radius 2 is 2.00 bits per heavy atom. The number of hydrogen-bond donors (Lipinski definition) is 1. The molecule has 1 fully saturated rings. The molecule has 2 N–H and O–H groups in total. The lowest BCUT2D eigenvalue weighted by Crippen LogP contribution is -2.49. The second-order valence-corrected chi connectivity index (χ2v) is 5.96. The molecule has 1 heterocycles. The number of rotatable bonds is 4. The maximum absolute atomic E-state index is 12.8. The van der Waals surface area contributed by atoms with Crippen LogP contribution in [-0.4, -0.2) is 37.6 Å². The minimum absolute atomic E-state index is 0.116. The zero-order valence-electron chi connectivity index (χ0n) is 13.0. The third kappa shape index (κ3) is 4.03. The minimum atomic E-state index is -4.39.